The van der Waals surface area contributed by atoms with E-state index in [1.165, 1.54) is 12.1 Å². The Morgan fingerprint density at radius 2 is 1.92 bits per heavy atom. The first-order valence-electron chi connectivity index (χ1n) is 7.26. The summed E-state index contributed by atoms with van der Waals surface area (Å²) in [5.74, 6) is -1.27. The molecule has 0 radical (unpaired) electrons. The van der Waals surface area contributed by atoms with Crippen molar-refractivity contribution in [1.29, 1.82) is 0 Å². The Bertz CT molecular complexity index is 957. The van der Waals surface area contributed by atoms with Crippen LogP contribution < -0.4 is 5.11 Å². The van der Waals surface area contributed by atoms with Gasteiger partial charge < -0.3 is 14.8 Å². The van der Waals surface area contributed by atoms with Gasteiger partial charge in [-0.05, 0) is 12.1 Å². The number of hydrogen-bond acceptors (Lipinski definition) is 4. The van der Waals surface area contributed by atoms with Crippen LogP contribution in [0, 0.1) is 0 Å². The summed E-state index contributed by atoms with van der Waals surface area (Å²) in [7, 11) is 0. The molecule has 1 aromatic heterocycles. The van der Waals surface area contributed by atoms with Gasteiger partial charge in [-0.25, -0.2) is 0 Å². The summed E-state index contributed by atoms with van der Waals surface area (Å²) in [6.07, 6.45) is 1.64. The number of para-hydroxylation sites is 2. The van der Waals surface area contributed by atoms with Gasteiger partial charge in [0.05, 0.1) is 5.52 Å². The van der Waals surface area contributed by atoms with Gasteiger partial charge in [0.25, 0.3) is 5.91 Å². The topological polar surface area (TPSA) is 90.0 Å². The Labute approximate surface area is 138 Å². The lowest BCUT2D eigenvalue weighted by Gasteiger charge is -2.08. The molecule has 0 aliphatic rings. The van der Waals surface area contributed by atoms with Crippen LogP contribution in [0.3, 0.4) is 0 Å². The minimum absolute atomic E-state index is 0.0597. The van der Waals surface area contributed by atoms with Gasteiger partial charge in [0.2, 0.25) is 5.88 Å². The standard InChI is InChI=1S/C18H15N3O3/c1-2-11-21-14-9-5-3-7-12(14)16(18(21)24)19-20-17(23)13-8-4-6-10-15(13)22/h2-10,22,24H,1,11H2/p-1. The van der Waals surface area contributed by atoms with E-state index in [9.17, 15) is 15.0 Å². The SMILES string of the molecule is C=CCn1c(O)c(N=NC(=O)c2ccccc2[O-])c2ccccc21. The number of azo groups is 1. The zero-order chi connectivity index (χ0) is 17.1. The monoisotopic (exact) mass is 320 g/mol. The molecule has 3 rings (SSSR count). The van der Waals surface area contributed by atoms with E-state index in [0.29, 0.717) is 11.9 Å². The largest absolute Gasteiger partial charge is 0.872 e. The number of rotatable bonds is 4. The quantitative estimate of drug-likeness (QED) is 0.589. The summed E-state index contributed by atoms with van der Waals surface area (Å²) >= 11 is 0. The molecule has 6 heteroatoms. The fraction of sp³-hybridized carbons (Fsp3) is 0.0556. The normalized spacial score (nSPS) is 11.2. The predicted molar refractivity (Wildman–Crippen MR) is 88.5 cm³/mol. The number of aromatic nitrogens is 1. The predicted octanol–water partition coefficient (Wildman–Crippen LogP) is 3.53. The maximum absolute atomic E-state index is 12.1. The third kappa shape index (κ3) is 2.65. The van der Waals surface area contributed by atoms with E-state index in [-0.39, 0.29) is 17.1 Å². The van der Waals surface area contributed by atoms with Gasteiger partial charge in [0.1, 0.15) is 0 Å². The molecule has 0 atom stereocenters. The van der Waals surface area contributed by atoms with E-state index in [2.05, 4.69) is 16.8 Å². The third-order valence-electron chi connectivity index (χ3n) is 3.59. The Morgan fingerprint density at radius 3 is 2.67 bits per heavy atom. The van der Waals surface area contributed by atoms with Gasteiger partial charge in [-0.2, -0.15) is 0 Å². The molecule has 1 heterocycles. The van der Waals surface area contributed by atoms with E-state index in [4.69, 9.17) is 0 Å². The zero-order valence-corrected chi connectivity index (χ0v) is 12.7. The third-order valence-corrected chi connectivity index (χ3v) is 3.59. The van der Waals surface area contributed by atoms with E-state index < -0.39 is 11.7 Å². The number of hydrogen-bond donors (Lipinski definition) is 1. The molecule has 2 aromatic carbocycles. The van der Waals surface area contributed by atoms with Crippen LogP contribution in [-0.4, -0.2) is 15.6 Å². The molecule has 0 bridgehead atoms. The van der Waals surface area contributed by atoms with Crippen LogP contribution in [0.4, 0.5) is 5.69 Å². The summed E-state index contributed by atoms with van der Waals surface area (Å²) in [5.41, 5.74) is 0.875. The van der Waals surface area contributed by atoms with Crippen LogP contribution in [0.25, 0.3) is 10.9 Å². The molecular weight excluding hydrogens is 306 g/mol. The lowest BCUT2D eigenvalue weighted by atomic mass is 10.2. The lowest BCUT2D eigenvalue weighted by molar-refractivity contribution is -0.268. The van der Waals surface area contributed by atoms with Crippen LogP contribution >= 0.6 is 0 Å². The van der Waals surface area contributed by atoms with Crippen molar-refractivity contribution in [3.63, 3.8) is 0 Å². The van der Waals surface area contributed by atoms with Crippen LogP contribution in [0.5, 0.6) is 11.6 Å². The molecule has 0 aliphatic carbocycles. The molecule has 0 saturated carbocycles. The fourth-order valence-electron chi connectivity index (χ4n) is 2.48. The van der Waals surface area contributed by atoms with Crippen molar-refractivity contribution < 1.29 is 15.0 Å². The molecule has 24 heavy (non-hydrogen) atoms. The highest BCUT2D eigenvalue weighted by atomic mass is 16.3. The Hall–Kier alpha value is -3.41. The molecule has 1 N–H and O–H groups in total. The first-order valence-corrected chi connectivity index (χ1v) is 7.26. The number of benzene rings is 2. The Kier molecular flexibility index (Phi) is 4.11. The molecule has 3 aromatic rings. The molecule has 0 saturated heterocycles. The van der Waals surface area contributed by atoms with Gasteiger partial charge in [0.15, 0.2) is 5.69 Å². The summed E-state index contributed by atoms with van der Waals surface area (Å²) in [4.78, 5) is 12.1. The Morgan fingerprint density at radius 1 is 1.21 bits per heavy atom. The first-order chi connectivity index (χ1) is 11.6. The van der Waals surface area contributed by atoms with E-state index in [0.717, 1.165) is 5.52 Å². The van der Waals surface area contributed by atoms with Crippen LogP contribution in [-0.2, 0) is 6.54 Å². The van der Waals surface area contributed by atoms with Crippen molar-refractivity contribution in [2.24, 2.45) is 10.2 Å². The molecule has 0 spiro atoms. The second kappa shape index (κ2) is 6.37. The van der Waals surface area contributed by atoms with Crippen LogP contribution in [0.15, 0.2) is 71.4 Å². The fourth-order valence-corrected chi connectivity index (χ4v) is 2.48. The van der Waals surface area contributed by atoms with E-state index in [1.54, 1.807) is 34.9 Å². The van der Waals surface area contributed by atoms with Crippen molar-refractivity contribution >= 4 is 22.5 Å². The minimum Gasteiger partial charge on any atom is -0.872 e. The number of allylic oxidation sites excluding steroid dienone is 1. The molecule has 0 aliphatic heterocycles. The molecule has 0 unspecified atom stereocenters. The second-order valence-electron chi connectivity index (χ2n) is 5.09. The van der Waals surface area contributed by atoms with Crippen molar-refractivity contribution in [3.05, 3.63) is 66.7 Å². The van der Waals surface area contributed by atoms with Crippen molar-refractivity contribution in [2.75, 3.05) is 0 Å². The number of aromatic hydroxyl groups is 1. The van der Waals surface area contributed by atoms with Crippen molar-refractivity contribution in [3.8, 4) is 11.6 Å². The minimum atomic E-state index is -0.749. The van der Waals surface area contributed by atoms with Crippen molar-refractivity contribution in [2.45, 2.75) is 6.54 Å². The highest BCUT2D eigenvalue weighted by Crippen LogP contribution is 2.38. The first kappa shape index (κ1) is 15.5. The summed E-state index contributed by atoms with van der Waals surface area (Å²) in [5, 5.41) is 30.2. The van der Waals surface area contributed by atoms with Gasteiger partial charge in [0, 0.05) is 17.5 Å². The maximum atomic E-state index is 12.1. The number of nitrogens with zero attached hydrogens (tertiary/aromatic N) is 3. The van der Waals surface area contributed by atoms with Gasteiger partial charge in [-0.15, -0.1) is 16.8 Å². The maximum Gasteiger partial charge on any atom is 0.294 e. The van der Waals surface area contributed by atoms with E-state index >= 15 is 0 Å². The summed E-state index contributed by atoms with van der Waals surface area (Å²) in [6, 6.07) is 13.0. The summed E-state index contributed by atoms with van der Waals surface area (Å²) < 4.78 is 1.61. The van der Waals surface area contributed by atoms with Crippen molar-refractivity contribution in [1.82, 2.24) is 4.57 Å². The van der Waals surface area contributed by atoms with Gasteiger partial charge >= 0.3 is 0 Å². The van der Waals surface area contributed by atoms with Gasteiger partial charge in [-0.3, -0.25) is 4.79 Å². The Balaban J connectivity index is 2.04. The average Bonchev–Trinajstić information content (AvgIpc) is 2.86. The number of amides is 1. The average molecular weight is 320 g/mol. The zero-order valence-electron chi connectivity index (χ0n) is 12.7. The van der Waals surface area contributed by atoms with Crippen LogP contribution in [0.2, 0.25) is 0 Å². The second-order valence-corrected chi connectivity index (χ2v) is 5.09. The number of carbonyl (C=O) groups is 1. The molecule has 1 amide bonds. The lowest BCUT2D eigenvalue weighted by Crippen LogP contribution is -2.01. The number of carbonyl (C=O) groups excluding carboxylic acids is 1. The highest BCUT2D eigenvalue weighted by molar-refractivity contribution is 5.98. The smallest absolute Gasteiger partial charge is 0.294 e. The van der Waals surface area contributed by atoms with E-state index in [1.807, 2.05) is 12.1 Å². The van der Waals surface area contributed by atoms with Crippen LogP contribution in [0.1, 0.15) is 10.4 Å². The molecular formula is C18H14N3O3-. The highest BCUT2D eigenvalue weighted by Gasteiger charge is 2.16. The van der Waals surface area contributed by atoms with Gasteiger partial charge in [-0.1, -0.05) is 48.2 Å². The molecule has 120 valence electrons. The molecule has 6 nitrogen and oxygen atoms in total. The summed E-state index contributed by atoms with van der Waals surface area (Å²) in [6.45, 7) is 4.05. The number of fused-ring (bicyclic) bond motifs is 1. The molecule has 0 fully saturated rings.